The summed E-state index contributed by atoms with van der Waals surface area (Å²) in [5.41, 5.74) is 3.47. The molecular weight excluding hydrogens is 324 g/mol. The van der Waals surface area contributed by atoms with Gasteiger partial charge in [-0.1, -0.05) is 51.0 Å². The van der Waals surface area contributed by atoms with Gasteiger partial charge in [-0.05, 0) is 48.2 Å². The van der Waals surface area contributed by atoms with Crippen molar-refractivity contribution in [3.63, 3.8) is 0 Å². The number of benzene rings is 2. The first-order valence-corrected chi connectivity index (χ1v) is 9.41. The Morgan fingerprint density at radius 2 is 1.31 bits per heavy atom. The van der Waals surface area contributed by atoms with Crippen LogP contribution in [-0.2, 0) is 0 Å². The summed E-state index contributed by atoms with van der Waals surface area (Å²) in [7, 11) is 0. The molecule has 0 unspecified atom stereocenters. The van der Waals surface area contributed by atoms with E-state index in [1.807, 2.05) is 12.2 Å². The van der Waals surface area contributed by atoms with E-state index in [4.69, 9.17) is 0 Å². The third-order valence-corrected chi connectivity index (χ3v) is 4.39. The lowest BCUT2D eigenvalue weighted by Gasteiger charge is -2.24. The summed E-state index contributed by atoms with van der Waals surface area (Å²) in [4.78, 5) is 12.8. The maximum Gasteiger partial charge on any atom is 0.269 e. The average Bonchev–Trinajstić information content (AvgIpc) is 2.67. The summed E-state index contributed by atoms with van der Waals surface area (Å²) in [6.45, 7) is 6.66. The molecule has 0 aromatic heterocycles. The highest BCUT2D eigenvalue weighted by Crippen LogP contribution is 2.19. The Balaban J connectivity index is 2.03. The van der Waals surface area contributed by atoms with Crippen molar-refractivity contribution in [2.45, 2.75) is 39.5 Å². The second kappa shape index (κ2) is 10.4. The van der Waals surface area contributed by atoms with Gasteiger partial charge in [0.1, 0.15) is 0 Å². The molecular formula is C22H28N2O2. The number of nitro benzene ring substituents is 1. The molecule has 26 heavy (non-hydrogen) atoms. The van der Waals surface area contributed by atoms with E-state index in [1.165, 1.54) is 43.5 Å². The average molecular weight is 352 g/mol. The normalized spacial score (nSPS) is 11.0. The molecule has 0 amide bonds. The highest BCUT2D eigenvalue weighted by Gasteiger charge is 2.05. The Kier molecular flexibility index (Phi) is 7.87. The molecule has 2 aromatic rings. The van der Waals surface area contributed by atoms with Gasteiger partial charge < -0.3 is 4.90 Å². The highest BCUT2D eigenvalue weighted by atomic mass is 16.6. The summed E-state index contributed by atoms with van der Waals surface area (Å²) < 4.78 is 0. The van der Waals surface area contributed by atoms with Crippen LogP contribution in [0.4, 0.5) is 11.4 Å². The van der Waals surface area contributed by atoms with Crippen LogP contribution < -0.4 is 4.90 Å². The second-order valence-electron chi connectivity index (χ2n) is 6.47. The molecule has 0 heterocycles. The molecule has 4 heteroatoms. The van der Waals surface area contributed by atoms with E-state index >= 15 is 0 Å². The number of anilines is 1. The van der Waals surface area contributed by atoms with Crippen molar-refractivity contribution < 1.29 is 4.92 Å². The van der Waals surface area contributed by atoms with E-state index in [0.717, 1.165) is 24.2 Å². The zero-order valence-corrected chi connectivity index (χ0v) is 15.7. The van der Waals surface area contributed by atoms with Gasteiger partial charge in [0, 0.05) is 30.9 Å². The SMILES string of the molecule is CCCCN(CCCC)c1ccc(/C=C/c2ccc([N+](=O)[O-])cc2)cc1. The predicted molar refractivity (Wildman–Crippen MR) is 110 cm³/mol. The minimum atomic E-state index is -0.380. The number of nitrogens with zero attached hydrogens (tertiary/aromatic N) is 2. The maximum absolute atomic E-state index is 10.7. The molecule has 0 spiro atoms. The molecule has 0 aliphatic carbocycles. The van der Waals surface area contributed by atoms with Crippen LogP contribution in [-0.4, -0.2) is 18.0 Å². The first kappa shape index (κ1) is 19.7. The van der Waals surface area contributed by atoms with Crippen LogP contribution in [0.25, 0.3) is 12.2 Å². The summed E-state index contributed by atoms with van der Waals surface area (Å²) in [5, 5.41) is 10.7. The molecule has 0 bridgehead atoms. The molecule has 4 nitrogen and oxygen atoms in total. The lowest BCUT2D eigenvalue weighted by atomic mass is 10.1. The third kappa shape index (κ3) is 6.03. The number of rotatable bonds is 10. The number of non-ortho nitro benzene ring substituents is 1. The minimum Gasteiger partial charge on any atom is -0.372 e. The second-order valence-corrected chi connectivity index (χ2v) is 6.47. The fourth-order valence-electron chi connectivity index (χ4n) is 2.76. The molecule has 0 saturated heterocycles. The van der Waals surface area contributed by atoms with Gasteiger partial charge in [-0.15, -0.1) is 0 Å². The maximum atomic E-state index is 10.7. The molecule has 0 saturated carbocycles. The highest BCUT2D eigenvalue weighted by molar-refractivity contribution is 5.71. The van der Waals surface area contributed by atoms with Crippen LogP contribution in [0.1, 0.15) is 50.7 Å². The molecule has 0 fully saturated rings. The minimum absolute atomic E-state index is 0.116. The van der Waals surface area contributed by atoms with Crippen molar-refractivity contribution in [3.8, 4) is 0 Å². The topological polar surface area (TPSA) is 46.4 Å². The Bertz CT molecular complexity index is 698. The fourth-order valence-corrected chi connectivity index (χ4v) is 2.76. The van der Waals surface area contributed by atoms with Crippen molar-refractivity contribution in [2.75, 3.05) is 18.0 Å². The number of unbranched alkanes of at least 4 members (excludes halogenated alkanes) is 2. The van der Waals surface area contributed by atoms with Crippen LogP contribution in [0.2, 0.25) is 0 Å². The van der Waals surface area contributed by atoms with Gasteiger partial charge in [0.2, 0.25) is 0 Å². The third-order valence-electron chi connectivity index (χ3n) is 4.39. The molecule has 0 N–H and O–H groups in total. The molecule has 0 aliphatic rings. The van der Waals surface area contributed by atoms with E-state index in [0.29, 0.717) is 0 Å². The smallest absolute Gasteiger partial charge is 0.269 e. The van der Waals surface area contributed by atoms with Crippen molar-refractivity contribution in [2.24, 2.45) is 0 Å². The van der Waals surface area contributed by atoms with Crippen molar-refractivity contribution >= 4 is 23.5 Å². The first-order valence-electron chi connectivity index (χ1n) is 9.41. The van der Waals surface area contributed by atoms with Crippen molar-refractivity contribution in [1.82, 2.24) is 0 Å². The van der Waals surface area contributed by atoms with Crippen LogP contribution in [0.5, 0.6) is 0 Å². The quantitative estimate of drug-likeness (QED) is 0.292. The largest absolute Gasteiger partial charge is 0.372 e. The van der Waals surface area contributed by atoms with Gasteiger partial charge in [0.15, 0.2) is 0 Å². The lowest BCUT2D eigenvalue weighted by Crippen LogP contribution is -2.25. The molecule has 0 aliphatic heterocycles. The van der Waals surface area contributed by atoms with E-state index in [-0.39, 0.29) is 10.6 Å². The number of hydrogen-bond donors (Lipinski definition) is 0. The number of nitro groups is 1. The van der Waals surface area contributed by atoms with E-state index in [2.05, 4.69) is 43.0 Å². The zero-order valence-electron chi connectivity index (χ0n) is 15.7. The fraction of sp³-hybridized carbons (Fsp3) is 0.364. The first-order chi connectivity index (χ1) is 12.6. The molecule has 138 valence electrons. The Morgan fingerprint density at radius 1 is 0.846 bits per heavy atom. The van der Waals surface area contributed by atoms with Crippen molar-refractivity contribution in [1.29, 1.82) is 0 Å². The van der Waals surface area contributed by atoms with E-state index < -0.39 is 0 Å². The van der Waals surface area contributed by atoms with Crippen molar-refractivity contribution in [3.05, 3.63) is 69.8 Å². The van der Waals surface area contributed by atoms with Crippen LogP contribution in [0, 0.1) is 10.1 Å². The van der Waals surface area contributed by atoms with E-state index in [9.17, 15) is 10.1 Å². The van der Waals surface area contributed by atoms with Gasteiger partial charge in [-0.3, -0.25) is 10.1 Å². The molecule has 0 radical (unpaired) electrons. The van der Waals surface area contributed by atoms with Gasteiger partial charge in [-0.2, -0.15) is 0 Å². The van der Waals surface area contributed by atoms with Gasteiger partial charge in [0.25, 0.3) is 5.69 Å². The lowest BCUT2D eigenvalue weighted by molar-refractivity contribution is -0.384. The summed E-state index contributed by atoms with van der Waals surface area (Å²) in [5.74, 6) is 0. The Labute approximate surface area is 156 Å². The van der Waals surface area contributed by atoms with Crippen LogP contribution in [0.15, 0.2) is 48.5 Å². The summed E-state index contributed by atoms with van der Waals surface area (Å²) >= 11 is 0. The van der Waals surface area contributed by atoms with E-state index in [1.54, 1.807) is 12.1 Å². The van der Waals surface area contributed by atoms with Gasteiger partial charge in [0.05, 0.1) is 4.92 Å². The van der Waals surface area contributed by atoms with Crippen LogP contribution >= 0.6 is 0 Å². The summed E-state index contributed by atoms with van der Waals surface area (Å²) in [6, 6.07) is 15.2. The van der Waals surface area contributed by atoms with Crippen LogP contribution in [0.3, 0.4) is 0 Å². The molecule has 2 rings (SSSR count). The standard InChI is InChI=1S/C22H28N2O2/c1-3-5-17-23(18-6-4-2)21-13-9-19(10-14-21)7-8-20-11-15-22(16-12-20)24(25)26/h7-16H,3-6,17-18H2,1-2H3/b8-7+. The Morgan fingerprint density at radius 3 is 1.73 bits per heavy atom. The predicted octanol–water partition coefficient (Wildman–Crippen LogP) is 6.17. The summed E-state index contributed by atoms with van der Waals surface area (Å²) in [6.07, 6.45) is 8.85. The molecule has 0 atom stereocenters. The Hall–Kier alpha value is -2.62. The number of hydrogen-bond acceptors (Lipinski definition) is 3. The zero-order chi connectivity index (χ0) is 18.8. The molecule has 2 aromatic carbocycles. The van der Waals surface area contributed by atoms with Gasteiger partial charge in [-0.25, -0.2) is 0 Å². The monoisotopic (exact) mass is 352 g/mol. The van der Waals surface area contributed by atoms with Gasteiger partial charge >= 0.3 is 0 Å².